The average molecular weight is 683 g/mol. The zero-order valence-electron chi connectivity index (χ0n) is 25.2. The minimum absolute atomic E-state index is 0.0169. The van der Waals surface area contributed by atoms with E-state index in [1.165, 1.54) is 34.9 Å². The molecule has 1 aromatic heterocycles. The van der Waals surface area contributed by atoms with Gasteiger partial charge in [-0.25, -0.2) is 4.90 Å². The van der Waals surface area contributed by atoms with Crippen molar-refractivity contribution in [3.05, 3.63) is 98.5 Å². The number of alkyl halides is 3. The maximum Gasteiger partial charge on any atom is 0.416 e. The third-order valence-electron chi connectivity index (χ3n) is 8.31. The van der Waals surface area contributed by atoms with Gasteiger partial charge < -0.3 is 15.3 Å². The number of thioether (sulfide) groups is 1. The van der Waals surface area contributed by atoms with Crippen LogP contribution in [-0.2, 0) is 27.1 Å². The van der Waals surface area contributed by atoms with Crippen molar-refractivity contribution in [3.63, 3.8) is 0 Å². The van der Waals surface area contributed by atoms with Gasteiger partial charge in [-0.3, -0.25) is 23.7 Å². The van der Waals surface area contributed by atoms with E-state index in [0.717, 1.165) is 65.0 Å². The zero-order valence-corrected chi connectivity index (χ0v) is 26.8. The highest BCUT2D eigenvalue weighted by atomic mass is 32.2. The van der Waals surface area contributed by atoms with E-state index in [9.17, 15) is 37.5 Å². The molecule has 0 radical (unpaired) electrons. The number of nitrogens with one attached hydrogen (secondary N) is 1. The number of rotatable bonds is 8. The molecule has 14 heteroatoms. The van der Waals surface area contributed by atoms with E-state index in [1.807, 2.05) is 38.1 Å². The number of phenolic OH excluding ortho intramolecular Hbond substituents is 1. The summed E-state index contributed by atoms with van der Waals surface area (Å²) in [6.45, 7) is 5.19. The van der Waals surface area contributed by atoms with Crippen LogP contribution in [0.1, 0.15) is 35.8 Å². The SMILES string of the molecule is CCN(CC)c1ccc([C@H]2c3sc(=O)n(CC(=O)Nc4ccc(O)cc4)c3SC3C(=O)N(c4cccc(C(F)(F)F)c4)C(=O)C32)cc1. The topological polar surface area (TPSA) is 112 Å². The van der Waals surface area contributed by atoms with Crippen molar-refractivity contribution in [2.24, 2.45) is 5.92 Å². The van der Waals surface area contributed by atoms with Gasteiger partial charge in [0, 0.05) is 35.3 Å². The van der Waals surface area contributed by atoms with Crippen molar-refractivity contribution >= 4 is 57.9 Å². The molecular formula is C33H29F3N4O5S2. The van der Waals surface area contributed by atoms with E-state index >= 15 is 0 Å². The molecule has 244 valence electrons. The number of amides is 3. The third kappa shape index (κ3) is 6.02. The highest BCUT2D eigenvalue weighted by Crippen LogP contribution is 2.54. The molecule has 2 unspecified atom stereocenters. The Morgan fingerprint density at radius 2 is 1.64 bits per heavy atom. The Morgan fingerprint density at radius 1 is 0.957 bits per heavy atom. The van der Waals surface area contributed by atoms with E-state index in [-0.39, 0.29) is 18.0 Å². The average Bonchev–Trinajstić information content (AvgIpc) is 3.49. The normalized spacial score (nSPS) is 19.0. The van der Waals surface area contributed by atoms with Crippen LogP contribution in [0.4, 0.5) is 30.2 Å². The molecule has 9 nitrogen and oxygen atoms in total. The van der Waals surface area contributed by atoms with Gasteiger partial charge >= 0.3 is 11.0 Å². The van der Waals surface area contributed by atoms with E-state index in [1.54, 1.807) is 0 Å². The van der Waals surface area contributed by atoms with Crippen LogP contribution >= 0.6 is 23.1 Å². The Balaban J connectivity index is 1.41. The number of thiazole rings is 1. The third-order valence-corrected chi connectivity index (χ3v) is 10.9. The molecule has 4 aromatic rings. The number of anilines is 3. The van der Waals surface area contributed by atoms with Gasteiger partial charge in [0.15, 0.2) is 0 Å². The van der Waals surface area contributed by atoms with Gasteiger partial charge in [0.1, 0.15) is 17.5 Å². The fourth-order valence-corrected chi connectivity index (χ4v) is 8.83. The summed E-state index contributed by atoms with van der Waals surface area (Å²) in [5, 5.41) is 11.5. The fraction of sp³-hybridized carbons (Fsp3) is 0.273. The number of carbonyl (C=O) groups excluding carboxylic acids is 3. The first-order chi connectivity index (χ1) is 22.4. The standard InChI is InChI=1S/C33H29F3N4O5S2/c1-3-38(4-2)21-12-8-18(9-13-21)25-26-27(30(44)40(29(26)43)22-7-5-6-19(16-22)33(34,35)36)46-31-28(25)47-32(45)39(31)17-24(42)37-20-10-14-23(41)15-11-20/h5-16,25-27,41H,3-4,17H2,1-2H3,(H,37,42)/t25-,26?,27?/m1/s1. The molecule has 0 spiro atoms. The van der Waals surface area contributed by atoms with Crippen LogP contribution in [0, 0.1) is 5.92 Å². The first-order valence-electron chi connectivity index (χ1n) is 14.8. The summed E-state index contributed by atoms with van der Waals surface area (Å²) < 4.78 is 42.0. The molecule has 1 saturated heterocycles. The van der Waals surface area contributed by atoms with Crippen molar-refractivity contribution in [2.75, 3.05) is 28.2 Å². The van der Waals surface area contributed by atoms with Crippen LogP contribution in [-0.4, -0.2) is 45.7 Å². The first kappa shape index (κ1) is 32.4. The van der Waals surface area contributed by atoms with Gasteiger partial charge in [-0.1, -0.05) is 41.3 Å². The van der Waals surface area contributed by atoms with E-state index in [0.29, 0.717) is 21.2 Å². The number of benzene rings is 3. The summed E-state index contributed by atoms with van der Waals surface area (Å²) >= 11 is 1.85. The summed E-state index contributed by atoms with van der Waals surface area (Å²) in [4.78, 5) is 57.5. The Morgan fingerprint density at radius 3 is 2.28 bits per heavy atom. The van der Waals surface area contributed by atoms with Crippen LogP contribution in [0.5, 0.6) is 5.75 Å². The lowest BCUT2D eigenvalue weighted by Crippen LogP contribution is -2.33. The molecule has 3 heterocycles. The second-order valence-corrected chi connectivity index (χ2v) is 13.2. The highest BCUT2D eigenvalue weighted by Gasteiger charge is 2.57. The van der Waals surface area contributed by atoms with E-state index < -0.39 is 51.4 Å². The second kappa shape index (κ2) is 12.6. The van der Waals surface area contributed by atoms with Gasteiger partial charge in [-0.2, -0.15) is 13.2 Å². The van der Waals surface area contributed by atoms with Crippen LogP contribution in [0.2, 0.25) is 0 Å². The highest BCUT2D eigenvalue weighted by molar-refractivity contribution is 8.00. The summed E-state index contributed by atoms with van der Waals surface area (Å²) in [7, 11) is 0. The number of halogens is 3. The Kier molecular flexibility index (Phi) is 8.66. The largest absolute Gasteiger partial charge is 0.508 e. The van der Waals surface area contributed by atoms with Crippen LogP contribution in [0.3, 0.4) is 0 Å². The molecule has 0 saturated carbocycles. The van der Waals surface area contributed by atoms with Crippen molar-refractivity contribution in [2.45, 2.75) is 42.8 Å². The molecule has 2 N–H and O–H groups in total. The molecular weight excluding hydrogens is 654 g/mol. The van der Waals surface area contributed by atoms with Crippen molar-refractivity contribution in [1.29, 1.82) is 0 Å². The number of hydrogen-bond acceptors (Lipinski definition) is 8. The maximum atomic E-state index is 14.1. The summed E-state index contributed by atoms with van der Waals surface area (Å²) in [5.41, 5.74) is 0.823. The van der Waals surface area contributed by atoms with E-state index in [2.05, 4.69) is 10.2 Å². The Hall–Kier alpha value is -4.56. The molecule has 3 aromatic carbocycles. The molecule has 0 bridgehead atoms. The Labute approximate surface area is 275 Å². The fourth-order valence-electron chi connectivity index (χ4n) is 6.06. The second-order valence-electron chi connectivity index (χ2n) is 11.1. The van der Waals surface area contributed by atoms with Gasteiger partial charge in [0.25, 0.3) is 0 Å². The van der Waals surface area contributed by atoms with Gasteiger partial charge in [0.05, 0.1) is 22.2 Å². The van der Waals surface area contributed by atoms with E-state index in [4.69, 9.17) is 0 Å². The maximum absolute atomic E-state index is 14.1. The molecule has 2 aliphatic rings. The predicted octanol–water partition coefficient (Wildman–Crippen LogP) is 5.91. The van der Waals surface area contributed by atoms with Gasteiger partial charge in [-0.05, 0) is 74.0 Å². The molecule has 1 fully saturated rings. The zero-order chi connectivity index (χ0) is 33.6. The number of hydrogen-bond donors (Lipinski definition) is 2. The molecule has 6 rings (SSSR count). The Bertz CT molecular complexity index is 1900. The molecule has 3 atom stereocenters. The number of fused-ring (bicyclic) bond motifs is 2. The summed E-state index contributed by atoms with van der Waals surface area (Å²) in [6, 6.07) is 17.4. The quantitative estimate of drug-likeness (QED) is 0.176. The number of imide groups is 1. The molecule has 3 amide bonds. The summed E-state index contributed by atoms with van der Waals surface area (Å²) in [6.07, 6.45) is -4.68. The monoisotopic (exact) mass is 682 g/mol. The number of carbonyl (C=O) groups is 3. The first-order valence-corrected chi connectivity index (χ1v) is 16.5. The van der Waals surface area contributed by atoms with Crippen molar-refractivity contribution in [1.82, 2.24) is 4.57 Å². The molecule has 47 heavy (non-hydrogen) atoms. The van der Waals surface area contributed by atoms with Crippen LogP contribution < -0.4 is 20.0 Å². The smallest absolute Gasteiger partial charge is 0.416 e. The van der Waals surface area contributed by atoms with Crippen LogP contribution in [0.25, 0.3) is 0 Å². The number of nitrogens with zero attached hydrogens (tertiary/aromatic N) is 3. The minimum atomic E-state index is -4.68. The van der Waals surface area contributed by atoms with Crippen molar-refractivity contribution in [3.8, 4) is 5.75 Å². The van der Waals surface area contributed by atoms with Crippen molar-refractivity contribution < 1.29 is 32.7 Å². The lowest BCUT2D eigenvalue weighted by atomic mass is 9.83. The number of phenols is 1. The molecule has 2 aliphatic heterocycles. The van der Waals surface area contributed by atoms with Crippen LogP contribution in [0.15, 0.2) is 82.6 Å². The number of aromatic hydroxyl groups is 1. The lowest BCUT2D eigenvalue weighted by Gasteiger charge is -2.31. The van der Waals surface area contributed by atoms with Gasteiger partial charge in [-0.15, -0.1) is 0 Å². The lowest BCUT2D eigenvalue weighted by molar-refractivity contribution is -0.137. The minimum Gasteiger partial charge on any atom is -0.508 e. The molecule has 0 aliphatic carbocycles. The summed E-state index contributed by atoms with van der Waals surface area (Å²) in [5.74, 6) is -3.64. The predicted molar refractivity (Wildman–Crippen MR) is 174 cm³/mol. The van der Waals surface area contributed by atoms with Gasteiger partial charge in [0.2, 0.25) is 17.7 Å². The number of aromatic nitrogens is 1.